The first-order valence-corrected chi connectivity index (χ1v) is 18.6. The predicted molar refractivity (Wildman–Crippen MR) is 171 cm³/mol. The van der Waals surface area contributed by atoms with Crippen LogP contribution in [0.15, 0.2) is 0 Å². The van der Waals surface area contributed by atoms with Crippen molar-refractivity contribution >= 4 is 11.9 Å². The molecule has 8 nitrogen and oxygen atoms in total. The van der Waals surface area contributed by atoms with Crippen LogP contribution in [-0.2, 0) is 4.79 Å². The number of piperazine rings is 1. The number of carbonyl (C=O) groups is 2. The first-order chi connectivity index (χ1) is 21.2. The molecule has 0 bridgehead atoms. The minimum atomic E-state index is -0.335. The second-order valence-electron chi connectivity index (χ2n) is 16.8. The van der Waals surface area contributed by atoms with Crippen LogP contribution in [0.1, 0.15) is 110 Å². The van der Waals surface area contributed by atoms with Crippen LogP contribution in [0.25, 0.3) is 0 Å². The average Bonchev–Trinajstić information content (AvgIpc) is 3.65. The first-order valence-electron chi connectivity index (χ1n) is 18.6. The summed E-state index contributed by atoms with van der Waals surface area (Å²) in [6.07, 6.45) is 16.4. The summed E-state index contributed by atoms with van der Waals surface area (Å²) in [7, 11) is 0. The van der Waals surface area contributed by atoms with Crippen molar-refractivity contribution in [1.82, 2.24) is 20.0 Å². The molecule has 0 radical (unpaired) electrons. The lowest BCUT2D eigenvalue weighted by molar-refractivity contribution is -0.157. The summed E-state index contributed by atoms with van der Waals surface area (Å²) in [5.74, 6) is 3.35. The Balaban J connectivity index is 0.953. The SMILES string of the molecule is C[C@]12CCC3C(CC[C@H]4C[C@H](O)[C@@H](N5CCN(C(=O)[C@@H]6CCCN6C(=O)NCC6CCCCC6)CC5)C[C@]34C)C1CC[C@@H]2O. The molecule has 5 saturated carbocycles. The number of nitrogens with one attached hydrogen (secondary N) is 1. The fourth-order valence-corrected chi connectivity index (χ4v) is 12.1. The molecule has 3 N–H and O–H groups in total. The van der Waals surface area contributed by atoms with Gasteiger partial charge in [0.1, 0.15) is 6.04 Å². The van der Waals surface area contributed by atoms with Gasteiger partial charge in [0.25, 0.3) is 0 Å². The van der Waals surface area contributed by atoms with Gasteiger partial charge in [-0.25, -0.2) is 4.79 Å². The number of fused-ring (bicyclic) bond motifs is 5. The zero-order valence-corrected chi connectivity index (χ0v) is 27.6. The molecular weight excluding hydrogens is 552 g/mol. The Kier molecular flexibility index (Phi) is 8.75. The van der Waals surface area contributed by atoms with Gasteiger partial charge in [0.15, 0.2) is 0 Å². The van der Waals surface area contributed by atoms with Crippen LogP contribution in [0.5, 0.6) is 0 Å². The zero-order valence-electron chi connectivity index (χ0n) is 27.6. The molecule has 10 atom stereocenters. The predicted octanol–water partition coefficient (Wildman–Crippen LogP) is 4.63. The normalized spacial score (nSPS) is 45.0. The Morgan fingerprint density at radius 2 is 1.55 bits per heavy atom. The zero-order chi connectivity index (χ0) is 30.6. The number of carbonyl (C=O) groups excluding carboxylic acids is 2. The molecule has 2 saturated heterocycles. The fourth-order valence-electron chi connectivity index (χ4n) is 12.1. The van der Waals surface area contributed by atoms with Gasteiger partial charge in [-0.3, -0.25) is 9.69 Å². The summed E-state index contributed by atoms with van der Waals surface area (Å²) in [6.45, 7) is 9.29. The number of aliphatic hydroxyl groups excluding tert-OH is 2. The number of nitrogens with zero attached hydrogens (tertiary/aromatic N) is 3. The molecular formula is C36H60N4O4. The molecule has 2 aliphatic heterocycles. The fraction of sp³-hybridized carbons (Fsp3) is 0.944. The average molecular weight is 613 g/mol. The van der Waals surface area contributed by atoms with Gasteiger partial charge in [-0.2, -0.15) is 0 Å². The van der Waals surface area contributed by atoms with Gasteiger partial charge >= 0.3 is 6.03 Å². The number of amides is 3. The molecule has 7 rings (SSSR count). The van der Waals surface area contributed by atoms with Crippen LogP contribution >= 0.6 is 0 Å². The molecule has 248 valence electrons. The van der Waals surface area contributed by atoms with E-state index in [9.17, 15) is 19.8 Å². The van der Waals surface area contributed by atoms with Crippen molar-refractivity contribution in [3.8, 4) is 0 Å². The van der Waals surface area contributed by atoms with E-state index in [1.807, 2.05) is 4.90 Å². The van der Waals surface area contributed by atoms with Crippen LogP contribution in [0.4, 0.5) is 4.79 Å². The molecule has 3 amide bonds. The number of likely N-dealkylation sites (tertiary alicyclic amines) is 1. The number of rotatable bonds is 4. The first kappa shape index (κ1) is 31.2. The summed E-state index contributed by atoms with van der Waals surface area (Å²) in [5.41, 5.74) is 0.343. The van der Waals surface area contributed by atoms with E-state index in [0.717, 1.165) is 58.2 Å². The van der Waals surface area contributed by atoms with E-state index in [0.29, 0.717) is 49.2 Å². The van der Waals surface area contributed by atoms with Crippen LogP contribution < -0.4 is 5.32 Å². The van der Waals surface area contributed by atoms with Crippen LogP contribution in [0.2, 0.25) is 0 Å². The van der Waals surface area contributed by atoms with Gasteiger partial charge in [0.05, 0.1) is 12.2 Å². The van der Waals surface area contributed by atoms with Crippen molar-refractivity contribution in [2.45, 2.75) is 134 Å². The molecule has 2 heterocycles. The Hall–Kier alpha value is -1.38. The standard InChI is InChI=1S/C36H60N4O4/c1-35-15-14-28-26(27(35)12-13-32(35)42)11-10-25-21-31(41)30(22-36(25,28)2)38-17-19-39(20-18-38)33(43)29-9-6-16-40(29)34(44)37-23-24-7-4-3-5-8-24/h24-32,41-42H,3-23H2,1-2H3,(H,37,44)/t25-,26?,27?,28?,29-,30-,31-,32-,35-,36-/m0/s1. The van der Waals surface area contributed by atoms with Gasteiger partial charge in [0, 0.05) is 45.3 Å². The highest BCUT2D eigenvalue weighted by atomic mass is 16.3. The number of aliphatic hydroxyl groups is 2. The van der Waals surface area contributed by atoms with Crippen molar-refractivity contribution in [1.29, 1.82) is 0 Å². The minimum Gasteiger partial charge on any atom is -0.393 e. The molecule has 5 aliphatic carbocycles. The molecule has 8 heteroatoms. The number of urea groups is 1. The second kappa shape index (κ2) is 12.3. The highest BCUT2D eigenvalue weighted by molar-refractivity contribution is 5.87. The summed E-state index contributed by atoms with van der Waals surface area (Å²) in [4.78, 5) is 33.1. The van der Waals surface area contributed by atoms with Crippen LogP contribution in [-0.4, -0.2) is 100 Å². The van der Waals surface area contributed by atoms with Gasteiger partial charge in [-0.05, 0) is 117 Å². The maximum absolute atomic E-state index is 13.7. The lowest BCUT2D eigenvalue weighted by Gasteiger charge is -2.62. The third-order valence-corrected chi connectivity index (χ3v) is 14.8. The van der Waals surface area contributed by atoms with Crippen LogP contribution in [0.3, 0.4) is 0 Å². The van der Waals surface area contributed by atoms with Gasteiger partial charge < -0.3 is 25.3 Å². The third kappa shape index (κ3) is 5.40. The highest BCUT2D eigenvalue weighted by Gasteiger charge is 2.61. The smallest absolute Gasteiger partial charge is 0.318 e. The molecule has 0 aromatic carbocycles. The molecule has 0 aromatic rings. The van der Waals surface area contributed by atoms with E-state index in [2.05, 4.69) is 24.1 Å². The Bertz CT molecular complexity index is 1060. The highest BCUT2D eigenvalue weighted by Crippen LogP contribution is 2.66. The van der Waals surface area contributed by atoms with E-state index in [1.54, 1.807) is 4.90 Å². The molecule has 3 unspecified atom stereocenters. The van der Waals surface area contributed by atoms with E-state index >= 15 is 0 Å². The van der Waals surface area contributed by atoms with Crippen molar-refractivity contribution in [3.05, 3.63) is 0 Å². The lowest BCUT2D eigenvalue weighted by Crippen LogP contribution is -2.63. The summed E-state index contributed by atoms with van der Waals surface area (Å²) < 4.78 is 0. The molecule has 7 fully saturated rings. The molecule has 0 aromatic heterocycles. The van der Waals surface area contributed by atoms with E-state index in [-0.39, 0.29) is 47.1 Å². The largest absolute Gasteiger partial charge is 0.393 e. The van der Waals surface area contributed by atoms with Crippen molar-refractivity contribution in [2.24, 2.45) is 40.4 Å². The number of hydrogen-bond donors (Lipinski definition) is 3. The topological polar surface area (TPSA) is 96.4 Å². The maximum atomic E-state index is 13.7. The Morgan fingerprint density at radius 3 is 2.32 bits per heavy atom. The molecule has 0 spiro atoms. The lowest BCUT2D eigenvalue weighted by atomic mass is 9.44. The molecule has 7 aliphatic rings. The monoisotopic (exact) mass is 612 g/mol. The summed E-state index contributed by atoms with van der Waals surface area (Å²) in [5, 5.41) is 25.5. The van der Waals surface area contributed by atoms with Gasteiger partial charge in [-0.1, -0.05) is 33.1 Å². The van der Waals surface area contributed by atoms with Crippen molar-refractivity contribution < 1.29 is 19.8 Å². The summed E-state index contributed by atoms with van der Waals surface area (Å²) >= 11 is 0. The molecule has 44 heavy (non-hydrogen) atoms. The maximum Gasteiger partial charge on any atom is 0.318 e. The Morgan fingerprint density at radius 1 is 0.795 bits per heavy atom. The quantitative estimate of drug-likeness (QED) is 0.431. The van der Waals surface area contributed by atoms with Crippen molar-refractivity contribution in [3.63, 3.8) is 0 Å². The van der Waals surface area contributed by atoms with E-state index in [1.165, 1.54) is 57.8 Å². The van der Waals surface area contributed by atoms with Crippen molar-refractivity contribution in [2.75, 3.05) is 39.3 Å². The summed E-state index contributed by atoms with van der Waals surface area (Å²) in [6, 6.07) is -0.236. The number of hydrogen-bond acceptors (Lipinski definition) is 5. The minimum absolute atomic E-state index is 0.0564. The van der Waals surface area contributed by atoms with E-state index < -0.39 is 0 Å². The Labute approximate surface area is 265 Å². The van der Waals surface area contributed by atoms with Gasteiger partial charge in [-0.15, -0.1) is 0 Å². The van der Waals surface area contributed by atoms with Gasteiger partial charge in [0.2, 0.25) is 5.91 Å². The van der Waals surface area contributed by atoms with Crippen LogP contribution in [0, 0.1) is 40.4 Å². The van der Waals surface area contributed by atoms with E-state index in [4.69, 9.17) is 0 Å². The second-order valence-corrected chi connectivity index (χ2v) is 16.8. The third-order valence-electron chi connectivity index (χ3n) is 14.8.